The van der Waals surface area contributed by atoms with Crippen LogP contribution in [0.5, 0.6) is 0 Å². The minimum atomic E-state index is -0.589. The van der Waals surface area contributed by atoms with E-state index in [2.05, 4.69) is 20.8 Å². The molecule has 0 aliphatic heterocycles. The van der Waals surface area contributed by atoms with Gasteiger partial charge >= 0.3 is 5.82 Å². The number of unbranched alkanes of at least 4 members (excludes halogenated alkanes) is 1. The van der Waals surface area contributed by atoms with Crippen molar-refractivity contribution in [1.29, 1.82) is 0 Å². The monoisotopic (exact) mass is 212 g/mol. The molecule has 3 nitrogen and oxygen atoms in total. The first-order valence-electron chi connectivity index (χ1n) is 5.54. The lowest BCUT2D eigenvalue weighted by Crippen LogP contribution is -2.15. The molecule has 0 N–H and O–H groups in total. The Bertz CT molecular complexity index is 357. The Morgan fingerprint density at radius 2 is 1.93 bits per heavy atom. The van der Waals surface area contributed by atoms with Crippen molar-refractivity contribution in [2.75, 3.05) is 0 Å². The number of rotatable bonds is 5. The van der Waals surface area contributed by atoms with E-state index in [1.54, 1.807) is 6.92 Å². The molecular weight excluding hydrogens is 192 g/mol. The van der Waals surface area contributed by atoms with E-state index >= 15 is 0 Å². The van der Waals surface area contributed by atoms with Crippen molar-refractivity contribution in [3.8, 4) is 0 Å². The van der Waals surface area contributed by atoms with Crippen molar-refractivity contribution in [3.05, 3.63) is 22.1 Å². The topological polar surface area (TPSA) is 43.4 Å². The third-order valence-corrected chi connectivity index (χ3v) is 2.68. The quantitative estimate of drug-likeness (QED) is 0.752. The van der Waals surface area contributed by atoms with Crippen LogP contribution in [0.2, 0.25) is 0 Å². The molecule has 0 saturated carbocycles. The number of hydrogen-bond donors (Lipinski definition) is 0. The van der Waals surface area contributed by atoms with E-state index in [0.717, 1.165) is 12.8 Å². The van der Waals surface area contributed by atoms with Gasteiger partial charge in [0.1, 0.15) is 11.5 Å². The van der Waals surface area contributed by atoms with Crippen molar-refractivity contribution in [2.45, 2.75) is 53.4 Å². The summed E-state index contributed by atoms with van der Waals surface area (Å²) in [5.41, 5.74) is 0.167. The van der Waals surface area contributed by atoms with Gasteiger partial charge in [0, 0.05) is 6.42 Å². The van der Waals surface area contributed by atoms with Crippen molar-refractivity contribution >= 4 is 0 Å². The second-order valence-corrected chi connectivity index (χ2v) is 4.88. The highest BCUT2D eigenvalue weighted by atomic mass is 16.6. The molecule has 1 heterocycles. The van der Waals surface area contributed by atoms with Crippen LogP contribution in [0.15, 0.2) is 13.6 Å². The van der Waals surface area contributed by atoms with Gasteiger partial charge in [-0.15, -0.1) is 0 Å². The van der Waals surface area contributed by atoms with Crippen LogP contribution in [0.3, 0.4) is 0 Å². The van der Waals surface area contributed by atoms with Crippen LogP contribution in [-0.4, -0.2) is 0 Å². The summed E-state index contributed by atoms with van der Waals surface area (Å²) >= 11 is 0. The summed E-state index contributed by atoms with van der Waals surface area (Å²) in [6, 6.07) is 0. The van der Waals surface area contributed by atoms with E-state index in [9.17, 15) is 4.79 Å². The smallest absolute Gasteiger partial charge is 0.396 e. The maximum atomic E-state index is 10.9. The van der Waals surface area contributed by atoms with Gasteiger partial charge in [-0.3, -0.25) is 0 Å². The number of aryl methyl sites for hydroxylation is 1. The first-order valence-corrected chi connectivity index (χ1v) is 5.54. The van der Waals surface area contributed by atoms with Crippen LogP contribution in [0.25, 0.3) is 0 Å². The largest absolute Gasteiger partial charge is 0.519 e. The first-order chi connectivity index (χ1) is 6.94. The summed E-state index contributed by atoms with van der Waals surface area (Å²) < 4.78 is 9.85. The second kappa shape index (κ2) is 4.69. The molecule has 1 aromatic heterocycles. The zero-order valence-electron chi connectivity index (χ0n) is 10.1. The third-order valence-electron chi connectivity index (χ3n) is 2.68. The molecule has 0 unspecified atom stereocenters. The Morgan fingerprint density at radius 3 is 2.40 bits per heavy atom. The van der Waals surface area contributed by atoms with Crippen LogP contribution in [-0.2, 0) is 6.42 Å². The van der Waals surface area contributed by atoms with Crippen molar-refractivity contribution in [2.24, 2.45) is 5.41 Å². The average molecular weight is 212 g/mol. The molecule has 0 spiro atoms. The third kappa shape index (κ3) is 3.57. The predicted molar refractivity (Wildman–Crippen MR) is 59.0 cm³/mol. The molecule has 0 aliphatic rings. The molecule has 3 heteroatoms. The van der Waals surface area contributed by atoms with Crippen LogP contribution < -0.4 is 5.82 Å². The Hall–Kier alpha value is -0.990. The second-order valence-electron chi connectivity index (χ2n) is 4.88. The van der Waals surface area contributed by atoms with E-state index in [4.69, 9.17) is 8.83 Å². The van der Waals surface area contributed by atoms with Crippen LogP contribution in [0.4, 0.5) is 0 Å². The summed E-state index contributed by atoms with van der Waals surface area (Å²) in [7, 11) is 0. The Balaban J connectivity index is 2.68. The SMILES string of the molecule is CCCCC(C)(C)Cc1oc(=O)oc1C. The normalized spacial score (nSPS) is 12.0. The summed E-state index contributed by atoms with van der Waals surface area (Å²) in [5, 5.41) is 0. The van der Waals surface area contributed by atoms with E-state index in [1.807, 2.05) is 0 Å². The predicted octanol–water partition coefficient (Wildman–Crippen LogP) is 3.30. The molecule has 0 amide bonds. The molecule has 0 atom stereocenters. The molecule has 0 bridgehead atoms. The lowest BCUT2D eigenvalue weighted by Gasteiger charge is -2.22. The fourth-order valence-electron chi connectivity index (χ4n) is 1.71. The summed E-state index contributed by atoms with van der Waals surface area (Å²) in [6.45, 7) is 8.33. The maximum Gasteiger partial charge on any atom is 0.519 e. The van der Waals surface area contributed by atoms with Gasteiger partial charge < -0.3 is 8.83 Å². The summed E-state index contributed by atoms with van der Waals surface area (Å²) in [6.07, 6.45) is 4.30. The van der Waals surface area contributed by atoms with E-state index in [0.29, 0.717) is 11.5 Å². The molecule has 86 valence electrons. The standard InChI is InChI=1S/C12H20O3/c1-5-6-7-12(3,4)8-10-9(2)14-11(13)15-10/h5-8H2,1-4H3. The first kappa shape index (κ1) is 12.1. The van der Waals surface area contributed by atoms with Gasteiger partial charge in [0.05, 0.1) is 0 Å². The van der Waals surface area contributed by atoms with Gasteiger partial charge in [-0.2, -0.15) is 0 Å². The van der Waals surface area contributed by atoms with E-state index < -0.39 is 5.82 Å². The van der Waals surface area contributed by atoms with E-state index in [-0.39, 0.29) is 5.41 Å². The zero-order valence-corrected chi connectivity index (χ0v) is 10.1. The highest BCUT2D eigenvalue weighted by molar-refractivity contribution is 5.03. The van der Waals surface area contributed by atoms with Gasteiger partial charge in [-0.05, 0) is 18.8 Å². The van der Waals surface area contributed by atoms with Gasteiger partial charge in [0.2, 0.25) is 0 Å². The lowest BCUT2D eigenvalue weighted by molar-refractivity contribution is 0.288. The molecule has 1 aromatic rings. The fraction of sp³-hybridized carbons (Fsp3) is 0.750. The highest BCUT2D eigenvalue weighted by Crippen LogP contribution is 2.28. The minimum absolute atomic E-state index is 0.167. The van der Waals surface area contributed by atoms with Crippen LogP contribution in [0, 0.1) is 12.3 Å². The van der Waals surface area contributed by atoms with Crippen molar-refractivity contribution < 1.29 is 8.83 Å². The fourth-order valence-corrected chi connectivity index (χ4v) is 1.71. The molecule has 0 saturated heterocycles. The summed E-state index contributed by atoms with van der Waals surface area (Å²) in [5.74, 6) is 0.722. The Morgan fingerprint density at radius 1 is 1.27 bits per heavy atom. The minimum Gasteiger partial charge on any atom is -0.396 e. The maximum absolute atomic E-state index is 10.9. The zero-order chi connectivity index (χ0) is 11.5. The van der Waals surface area contributed by atoms with Crippen molar-refractivity contribution in [1.82, 2.24) is 0 Å². The molecule has 0 aliphatic carbocycles. The van der Waals surface area contributed by atoms with Crippen molar-refractivity contribution in [3.63, 3.8) is 0 Å². The summed E-state index contributed by atoms with van der Waals surface area (Å²) in [4.78, 5) is 10.9. The Kier molecular flexibility index (Phi) is 3.77. The van der Waals surface area contributed by atoms with Crippen LogP contribution in [0.1, 0.15) is 51.6 Å². The highest BCUT2D eigenvalue weighted by Gasteiger charge is 2.22. The van der Waals surface area contributed by atoms with Gasteiger partial charge in [-0.25, -0.2) is 4.79 Å². The van der Waals surface area contributed by atoms with Gasteiger partial charge in [0.15, 0.2) is 0 Å². The number of hydrogen-bond acceptors (Lipinski definition) is 3. The molecule has 1 rings (SSSR count). The van der Waals surface area contributed by atoms with Crippen LogP contribution >= 0.6 is 0 Å². The molecule has 0 radical (unpaired) electrons. The van der Waals surface area contributed by atoms with Gasteiger partial charge in [0.25, 0.3) is 0 Å². The molecule has 15 heavy (non-hydrogen) atoms. The Labute approximate surface area is 90.5 Å². The molecule has 0 fully saturated rings. The van der Waals surface area contributed by atoms with E-state index in [1.165, 1.54) is 12.8 Å². The van der Waals surface area contributed by atoms with Gasteiger partial charge in [-0.1, -0.05) is 33.6 Å². The lowest BCUT2D eigenvalue weighted by atomic mass is 9.83. The molecule has 0 aromatic carbocycles. The average Bonchev–Trinajstić information content (AvgIpc) is 2.41. The molecular formula is C12H20O3.